The molecule has 2 heterocycles. The third-order valence-corrected chi connectivity index (χ3v) is 5.67. The molecule has 120 valence electrons. The van der Waals surface area contributed by atoms with E-state index in [-0.39, 0.29) is 5.91 Å². The minimum Gasteiger partial charge on any atom is -0.352 e. The van der Waals surface area contributed by atoms with E-state index < -0.39 is 0 Å². The molecule has 3 rings (SSSR count). The summed E-state index contributed by atoms with van der Waals surface area (Å²) >= 11 is 1.84. The molecule has 0 radical (unpaired) electrons. The van der Waals surface area contributed by atoms with Gasteiger partial charge in [0.1, 0.15) is 0 Å². The van der Waals surface area contributed by atoms with Crippen LogP contribution in [-0.2, 0) is 11.3 Å². The average Bonchev–Trinajstić information content (AvgIpc) is 3.25. The quantitative estimate of drug-likeness (QED) is 0.815. The zero-order valence-electron chi connectivity index (χ0n) is 13.4. The van der Waals surface area contributed by atoms with Gasteiger partial charge in [-0.05, 0) is 69.0 Å². The summed E-state index contributed by atoms with van der Waals surface area (Å²) < 4.78 is 0. The number of piperidine rings is 1. The molecule has 22 heavy (non-hydrogen) atoms. The number of nitrogens with one attached hydrogen (secondary N) is 1. The number of likely N-dealkylation sites (tertiary alicyclic amines) is 1. The molecule has 1 N–H and O–H groups in total. The summed E-state index contributed by atoms with van der Waals surface area (Å²) in [6.45, 7) is 6.30. The summed E-state index contributed by atoms with van der Waals surface area (Å²) in [7, 11) is 0. The van der Waals surface area contributed by atoms with Gasteiger partial charge in [0.2, 0.25) is 5.91 Å². The van der Waals surface area contributed by atoms with E-state index in [0.29, 0.717) is 11.8 Å². The minimum absolute atomic E-state index is 0.102. The van der Waals surface area contributed by atoms with Crippen LogP contribution in [0.25, 0.3) is 0 Å². The highest BCUT2D eigenvalue weighted by atomic mass is 32.1. The summed E-state index contributed by atoms with van der Waals surface area (Å²) in [5.74, 6) is 1.43. The molecule has 1 amide bonds. The van der Waals surface area contributed by atoms with Crippen LogP contribution >= 0.6 is 11.3 Å². The zero-order chi connectivity index (χ0) is 15.4. The molecule has 2 aliphatic rings. The van der Waals surface area contributed by atoms with Gasteiger partial charge in [0.25, 0.3) is 0 Å². The molecule has 1 aliphatic carbocycles. The smallest absolute Gasteiger partial charge is 0.243 e. The molecule has 0 atom stereocenters. The first-order valence-electron chi connectivity index (χ1n) is 8.41. The van der Waals surface area contributed by atoms with Crippen molar-refractivity contribution in [3.05, 3.63) is 34.0 Å². The van der Waals surface area contributed by atoms with E-state index in [4.69, 9.17) is 0 Å². The second-order valence-electron chi connectivity index (χ2n) is 6.71. The number of rotatable bonds is 6. The summed E-state index contributed by atoms with van der Waals surface area (Å²) in [6, 6.07) is 4.34. The Balaban J connectivity index is 1.35. The highest BCUT2D eigenvalue weighted by Gasteiger charge is 2.24. The van der Waals surface area contributed by atoms with Crippen molar-refractivity contribution in [2.45, 2.75) is 39.2 Å². The van der Waals surface area contributed by atoms with Gasteiger partial charge in [0.15, 0.2) is 0 Å². The monoisotopic (exact) mass is 318 g/mol. The predicted octanol–water partition coefficient (Wildman–Crippen LogP) is 3.43. The van der Waals surface area contributed by atoms with Crippen molar-refractivity contribution in [1.29, 1.82) is 0 Å². The number of allylic oxidation sites excluding steroid dienone is 1. The first-order chi connectivity index (χ1) is 10.7. The maximum absolute atomic E-state index is 11.9. The molecule has 1 saturated carbocycles. The highest BCUT2D eigenvalue weighted by Crippen LogP contribution is 2.35. The second kappa shape index (κ2) is 7.42. The standard InChI is InChI=1S/C18H26N2OS/c1-14(16-4-5-16)11-18(21)19-12-15-6-8-20(9-7-15)13-17-3-2-10-22-17/h2-3,10-11,15-16H,4-9,12-13H2,1H3,(H,19,21). The van der Waals surface area contributed by atoms with Crippen LogP contribution in [0.2, 0.25) is 0 Å². The lowest BCUT2D eigenvalue weighted by Gasteiger charge is -2.31. The fraction of sp³-hybridized carbons (Fsp3) is 0.611. The van der Waals surface area contributed by atoms with Gasteiger partial charge < -0.3 is 5.32 Å². The fourth-order valence-electron chi connectivity index (χ4n) is 3.13. The number of carbonyl (C=O) groups excluding carboxylic acids is 1. The molecule has 1 aromatic heterocycles. The van der Waals surface area contributed by atoms with Gasteiger partial charge in [-0.15, -0.1) is 11.3 Å². The number of hydrogen-bond donors (Lipinski definition) is 1. The van der Waals surface area contributed by atoms with Gasteiger partial charge in [-0.25, -0.2) is 0 Å². The predicted molar refractivity (Wildman–Crippen MR) is 91.8 cm³/mol. The number of thiophene rings is 1. The van der Waals surface area contributed by atoms with Crippen molar-refractivity contribution in [3.8, 4) is 0 Å². The minimum atomic E-state index is 0.102. The highest BCUT2D eigenvalue weighted by molar-refractivity contribution is 7.09. The van der Waals surface area contributed by atoms with Gasteiger partial charge in [0.05, 0.1) is 0 Å². The summed E-state index contributed by atoms with van der Waals surface area (Å²) in [4.78, 5) is 15.9. The van der Waals surface area contributed by atoms with Crippen LogP contribution in [0.3, 0.4) is 0 Å². The zero-order valence-corrected chi connectivity index (χ0v) is 14.2. The van der Waals surface area contributed by atoms with Crippen molar-refractivity contribution in [2.75, 3.05) is 19.6 Å². The topological polar surface area (TPSA) is 32.3 Å². The van der Waals surface area contributed by atoms with Crippen LogP contribution in [-0.4, -0.2) is 30.4 Å². The Labute approximate surface area is 137 Å². The molecule has 4 heteroatoms. The Bertz CT molecular complexity index is 511. The van der Waals surface area contributed by atoms with Crippen LogP contribution in [0.15, 0.2) is 29.2 Å². The lowest BCUT2D eigenvalue weighted by molar-refractivity contribution is -0.116. The van der Waals surface area contributed by atoms with E-state index in [2.05, 4.69) is 34.7 Å². The fourth-order valence-corrected chi connectivity index (χ4v) is 3.88. The molecule has 3 nitrogen and oxygen atoms in total. The Kier molecular flexibility index (Phi) is 5.32. The Morgan fingerprint density at radius 3 is 2.77 bits per heavy atom. The number of carbonyl (C=O) groups is 1. The van der Waals surface area contributed by atoms with Crippen LogP contribution in [0, 0.1) is 11.8 Å². The van der Waals surface area contributed by atoms with Crippen molar-refractivity contribution in [1.82, 2.24) is 10.2 Å². The molecule has 0 aromatic carbocycles. The SMILES string of the molecule is CC(=CC(=O)NCC1CCN(Cc2cccs2)CC1)C1CC1. The van der Waals surface area contributed by atoms with E-state index in [1.165, 1.54) is 36.1 Å². The molecule has 0 unspecified atom stereocenters. The van der Waals surface area contributed by atoms with Crippen LogP contribution < -0.4 is 5.32 Å². The van der Waals surface area contributed by atoms with Gasteiger partial charge >= 0.3 is 0 Å². The third-order valence-electron chi connectivity index (χ3n) is 4.81. The average molecular weight is 318 g/mol. The summed E-state index contributed by atoms with van der Waals surface area (Å²) in [6.07, 6.45) is 6.72. The van der Waals surface area contributed by atoms with Crippen molar-refractivity contribution in [3.63, 3.8) is 0 Å². The second-order valence-corrected chi connectivity index (χ2v) is 7.74. The first kappa shape index (κ1) is 15.8. The largest absolute Gasteiger partial charge is 0.352 e. The molecule has 0 bridgehead atoms. The van der Waals surface area contributed by atoms with E-state index in [1.807, 2.05) is 17.4 Å². The normalized spacial score (nSPS) is 21.0. The number of hydrogen-bond acceptors (Lipinski definition) is 3. The molecule has 0 spiro atoms. The van der Waals surface area contributed by atoms with Crippen LogP contribution in [0.4, 0.5) is 0 Å². The van der Waals surface area contributed by atoms with Gasteiger partial charge in [-0.2, -0.15) is 0 Å². The molecular weight excluding hydrogens is 292 g/mol. The molecule has 1 aliphatic heterocycles. The van der Waals surface area contributed by atoms with Crippen LogP contribution in [0.1, 0.15) is 37.5 Å². The van der Waals surface area contributed by atoms with E-state index >= 15 is 0 Å². The van der Waals surface area contributed by atoms with Gasteiger partial charge in [0, 0.05) is 24.0 Å². The summed E-state index contributed by atoms with van der Waals surface area (Å²) in [5.41, 5.74) is 1.25. The Morgan fingerprint density at radius 1 is 1.36 bits per heavy atom. The maximum Gasteiger partial charge on any atom is 0.243 e. The van der Waals surface area contributed by atoms with Gasteiger partial charge in [-0.3, -0.25) is 9.69 Å². The number of nitrogens with zero attached hydrogens (tertiary/aromatic N) is 1. The molecule has 2 fully saturated rings. The van der Waals surface area contributed by atoms with Crippen molar-refractivity contribution >= 4 is 17.2 Å². The molecule has 1 aromatic rings. The van der Waals surface area contributed by atoms with E-state index in [9.17, 15) is 4.79 Å². The van der Waals surface area contributed by atoms with E-state index in [1.54, 1.807) is 0 Å². The first-order valence-corrected chi connectivity index (χ1v) is 9.29. The number of amides is 1. The maximum atomic E-state index is 11.9. The van der Waals surface area contributed by atoms with Crippen LogP contribution in [0.5, 0.6) is 0 Å². The Morgan fingerprint density at radius 2 is 2.14 bits per heavy atom. The van der Waals surface area contributed by atoms with E-state index in [0.717, 1.165) is 26.2 Å². The molecular formula is C18H26N2OS. The lowest BCUT2D eigenvalue weighted by atomic mass is 9.96. The summed E-state index contributed by atoms with van der Waals surface area (Å²) in [5, 5.41) is 5.24. The van der Waals surface area contributed by atoms with Crippen molar-refractivity contribution in [2.24, 2.45) is 11.8 Å². The van der Waals surface area contributed by atoms with Gasteiger partial charge in [-0.1, -0.05) is 11.6 Å². The Hall–Kier alpha value is -1.13. The van der Waals surface area contributed by atoms with Crippen molar-refractivity contribution < 1.29 is 4.79 Å². The molecule has 1 saturated heterocycles. The lowest BCUT2D eigenvalue weighted by Crippen LogP contribution is -2.37. The third kappa shape index (κ3) is 4.68.